The molecule has 1 aromatic carbocycles. The Morgan fingerprint density at radius 2 is 2.05 bits per heavy atom. The predicted octanol–water partition coefficient (Wildman–Crippen LogP) is 0.776. The number of anilines is 1. The lowest BCUT2D eigenvalue weighted by Gasteiger charge is -2.15. The van der Waals surface area contributed by atoms with Crippen molar-refractivity contribution >= 4 is 17.5 Å². The summed E-state index contributed by atoms with van der Waals surface area (Å²) >= 11 is 0. The van der Waals surface area contributed by atoms with Gasteiger partial charge in [0.05, 0.1) is 19.6 Å². The molecular weight excluding hydrogens is 270 g/mol. The first-order valence-electron chi connectivity index (χ1n) is 7.18. The van der Waals surface area contributed by atoms with Gasteiger partial charge in [0, 0.05) is 24.8 Å². The highest BCUT2D eigenvalue weighted by Gasteiger charge is 2.17. The van der Waals surface area contributed by atoms with E-state index in [1.165, 1.54) is 0 Å². The Morgan fingerprint density at radius 3 is 2.76 bits per heavy atom. The fourth-order valence-electron chi connectivity index (χ4n) is 2.21. The lowest BCUT2D eigenvalue weighted by molar-refractivity contribution is -0.132. The number of amides is 2. The van der Waals surface area contributed by atoms with Gasteiger partial charge in [-0.25, -0.2) is 0 Å². The minimum Gasteiger partial charge on any atom is -0.493 e. The molecular formula is C15H21N3O3. The van der Waals surface area contributed by atoms with Crippen LogP contribution in [0, 0.1) is 0 Å². The molecule has 114 valence electrons. The summed E-state index contributed by atoms with van der Waals surface area (Å²) in [6, 6.07) is 7.04. The van der Waals surface area contributed by atoms with Crippen LogP contribution in [0.25, 0.3) is 0 Å². The van der Waals surface area contributed by atoms with Gasteiger partial charge < -0.3 is 20.7 Å². The normalized spacial score (nSPS) is 14.0. The maximum absolute atomic E-state index is 11.7. The molecule has 6 nitrogen and oxygen atoms in total. The van der Waals surface area contributed by atoms with Crippen molar-refractivity contribution in [3.05, 3.63) is 24.3 Å². The summed E-state index contributed by atoms with van der Waals surface area (Å²) in [6.07, 6.45) is 2.31. The molecule has 0 saturated carbocycles. The molecule has 21 heavy (non-hydrogen) atoms. The Labute approximate surface area is 124 Å². The molecule has 0 radical (unpaired) electrons. The van der Waals surface area contributed by atoms with Crippen LogP contribution in [-0.2, 0) is 9.59 Å². The van der Waals surface area contributed by atoms with Gasteiger partial charge in [-0.2, -0.15) is 0 Å². The van der Waals surface area contributed by atoms with Crippen LogP contribution < -0.4 is 15.8 Å². The van der Waals surface area contributed by atoms with Crippen molar-refractivity contribution < 1.29 is 14.3 Å². The second kappa shape index (κ2) is 7.52. The Hall–Kier alpha value is -2.24. The number of carbonyl (C=O) groups excluding carboxylic acids is 2. The molecule has 0 aromatic heterocycles. The van der Waals surface area contributed by atoms with Crippen molar-refractivity contribution in [2.24, 2.45) is 0 Å². The Balaban J connectivity index is 1.62. The summed E-state index contributed by atoms with van der Waals surface area (Å²) in [6.45, 7) is 1.92. The fraction of sp³-hybridized carbons (Fsp3) is 0.467. The minimum absolute atomic E-state index is 0.0161. The highest BCUT2D eigenvalue weighted by atomic mass is 16.5. The Morgan fingerprint density at radius 1 is 1.29 bits per heavy atom. The van der Waals surface area contributed by atoms with E-state index in [0.29, 0.717) is 11.4 Å². The van der Waals surface area contributed by atoms with Crippen molar-refractivity contribution in [3.63, 3.8) is 0 Å². The van der Waals surface area contributed by atoms with E-state index in [1.54, 1.807) is 29.2 Å². The van der Waals surface area contributed by atoms with Crippen molar-refractivity contribution in [2.45, 2.75) is 19.3 Å². The number of rotatable bonds is 6. The van der Waals surface area contributed by atoms with Gasteiger partial charge in [-0.1, -0.05) is 6.07 Å². The average molecular weight is 291 g/mol. The summed E-state index contributed by atoms with van der Waals surface area (Å²) < 4.78 is 5.43. The summed E-state index contributed by atoms with van der Waals surface area (Å²) in [4.78, 5) is 25.2. The van der Waals surface area contributed by atoms with Gasteiger partial charge in [0.2, 0.25) is 11.8 Å². The van der Waals surface area contributed by atoms with Gasteiger partial charge in [0.25, 0.3) is 0 Å². The zero-order valence-corrected chi connectivity index (χ0v) is 12.0. The third kappa shape index (κ3) is 4.98. The molecule has 6 heteroatoms. The molecule has 2 rings (SSSR count). The van der Waals surface area contributed by atoms with Crippen LogP contribution in [-0.4, -0.2) is 43.0 Å². The third-order valence-electron chi connectivity index (χ3n) is 3.35. The second-order valence-electron chi connectivity index (χ2n) is 5.04. The number of benzene rings is 1. The van der Waals surface area contributed by atoms with Crippen LogP contribution in [0.5, 0.6) is 5.75 Å². The lowest BCUT2D eigenvalue weighted by Crippen LogP contribution is -2.38. The quantitative estimate of drug-likeness (QED) is 0.758. The fourth-order valence-corrected chi connectivity index (χ4v) is 2.21. The van der Waals surface area contributed by atoms with Gasteiger partial charge in [-0.05, 0) is 25.0 Å². The van der Waals surface area contributed by atoms with E-state index in [4.69, 9.17) is 10.5 Å². The van der Waals surface area contributed by atoms with Crippen molar-refractivity contribution in [2.75, 3.05) is 32.0 Å². The van der Waals surface area contributed by atoms with E-state index in [2.05, 4.69) is 5.32 Å². The molecule has 0 aliphatic carbocycles. The maximum Gasteiger partial charge on any atom is 0.241 e. The molecule has 2 amide bonds. The van der Waals surface area contributed by atoms with Crippen LogP contribution >= 0.6 is 0 Å². The van der Waals surface area contributed by atoms with Gasteiger partial charge in [-0.15, -0.1) is 0 Å². The van der Waals surface area contributed by atoms with E-state index in [-0.39, 0.29) is 31.4 Å². The molecule has 1 aromatic rings. The first-order valence-corrected chi connectivity index (χ1v) is 7.18. The van der Waals surface area contributed by atoms with Crippen LogP contribution in [0.3, 0.4) is 0 Å². The second-order valence-corrected chi connectivity index (χ2v) is 5.04. The van der Waals surface area contributed by atoms with Crippen molar-refractivity contribution in [3.8, 4) is 5.75 Å². The van der Waals surface area contributed by atoms with E-state index in [0.717, 1.165) is 25.9 Å². The number of ether oxygens (including phenoxy) is 1. The molecule has 1 saturated heterocycles. The molecule has 1 fully saturated rings. The largest absolute Gasteiger partial charge is 0.493 e. The zero-order chi connectivity index (χ0) is 15.1. The highest BCUT2D eigenvalue weighted by molar-refractivity contribution is 5.84. The van der Waals surface area contributed by atoms with Crippen LogP contribution in [0.15, 0.2) is 24.3 Å². The van der Waals surface area contributed by atoms with Gasteiger partial charge >= 0.3 is 0 Å². The number of nitrogens with zero attached hydrogens (tertiary/aromatic N) is 1. The minimum atomic E-state index is -0.188. The lowest BCUT2D eigenvalue weighted by atomic mass is 10.3. The molecule has 0 spiro atoms. The summed E-state index contributed by atoms with van der Waals surface area (Å²) in [5, 5.41) is 2.62. The number of hydrogen-bond donors (Lipinski definition) is 2. The maximum atomic E-state index is 11.7. The number of nitrogens with one attached hydrogen (secondary N) is 1. The predicted molar refractivity (Wildman–Crippen MR) is 79.8 cm³/mol. The average Bonchev–Trinajstić information content (AvgIpc) is 2.99. The SMILES string of the molecule is Nc1cccc(OCCC(=O)NCC(=O)N2CCCC2)c1. The van der Waals surface area contributed by atoms with E-state index >= 15 is 0 Å². The Bertz CT molecular complexity index is 499. The number of nitrogens with two attached hydrogens (primary N) is 1. The molecule has 1 heterocycles. The Kier molecular flexibility index (Phi) is 5.43. The zero-order valence-electron chi connectivity index (χ0n) is 12.0. The van der Waals surface area contributed by atoms with Crippen LogP contribution in [0.4, 0.5) is 5.69 Å². The van der Waals surface area contributed by atoms with Crippen LogP contribution in [0.1, 0.15) is 19.3 Å². The molecule has 1 aliphatic rings. The van der Waals surface area contributed by atoms with Crippen LogP contribution in [0.2, 0.25) is 0 Å². The number of nitrogen functional groups attached to an aromatic ring is 1. The third-order valence-corrected chi connectivity index (χ3v) is 3.35. The summed E-state index contributed by atoms with van der Waals surface area (Å²) in [5.74, 6) is 0.431. The van der Waals surface area contributed by atoms with Gasteiger partial charge in [0.15, 0.2) is 0 Å². The number of hydrogen-bond acceptors (Lipinski definition) is 4. The van der Waals surface area contributed by atoms with Crippen molar-refractivity contribution in [1.82, 2.24) is 10.2 Å². The standard InChI is InChI=1S/C15H21N3O3/c16-12-4-3-5-13(10-12)21-9-6-14(19)17-11-15(20)18-7-1-2-8-18/h3-5,10H,1-2,6-9,11,16H2,(H,17,19). The van der Waals surface area contributed by atoms with Gasteiger partial charge in [0.1, 0.15) is 5.75 Å². The highest BCUT2D eigenvalue weighted by Crippen LogP contribution is 2.14. The van der Waals surface area contributed by atoms with Gasteiger partial charge in [-0.3, -0.25) is 9.59 Å². The smallest absolute Gasteiger partial charge is 0.241 e. The van der Waals surface area contributed by atoms with E-state index < -0.39 is 0 Å². The molecule has 1 aliphatic heterocycles. The first-order chi connectivity index (χ1) is 10.1. The summed E-state index contributed by atoms with van der Waals surface area (Å²) in [7, 11) is 0. The molecule has 0 unspecified atom stereocenters. The molecule has 3 N–H and O–H groups in total. The number of likely N-dealkylation sites (tertiary alicyclic amines) is 1. The molecule has 0 atom stereocenters. The van der Waals surface area contributed by atoms with E-state index in [1.807, 2.05) is 0 Å². The molecule has 0 bridgehead atoms. The topological polar surface area (TPSA) is 84.7 Å². The monoisotopic (exact) mass is 291 g/mol. The van der Waals surface area contributed by atoms with Crippen molar-refractivity contribution in [1.29, 1.82) is 0 Å². The number of carbonyl (C=O) groups is 2. The first kappa shape index (κ1) is 15.2. The summed E-state index contributed by atoms with van der Waals surface area (Å²) in [5.41, 5.74) is 6.25. The van der Waals surface area contributed by atoms with E-state index in [9.17, 15) is 9.59 Å².